The van der Waals surface area contributed by atoms with Gasteiger partial charge in [-0.1, -0.05) is 24.1 Å². The highest BCUT2D eigenvalue weighted by molar-refractivity contribution is 6.53. The van der Waals surface area contributed by atoms with Crippen LogP contribution < -0.4 is 16.0 Å². The predicted molar refractivity (Wildman–Crippen MR) is 157 cm³/mol. The van der Waals surface area contributed by atoms with Crippen molar-refractivity contribution in [1.29, 1.82) is 0 Å². The van der Waals surface area contributed by atoms with E-state index in [1.165, 1.54) is 6.07 Å². The summed E-state index contributed by atoms with van der Waals surface area (Å²) in [5.41, 5.74) is -7.04. The van der Waals surface area contributed by atoms with Crippen molar-refractivity contribution in [1.82, 2.24) is 0 Å². The Balaban J connectivity index is 1.32. The van der Waals surface area contributed by atoms with Crippen LogP contribution in [0, 0.1) is 28.8 Å². The molecule has 0 spiro atoms. The highest BCUT2D eigenvalue weighted by Crippen LogP contribution is 2.65. The van der Waals surface area contributed by atoms with Gasteiger partial charge in [-0.05, 0) is 60.9 Å². The summed E-state index contributed by atoms with van der Waals surface area (Å²) in [7, 11) is 0. The highest BCUT2D eigenvalue weighted by atomic mass is 35.5. The summed E-state index contributed by atoms with van der Waals surface area (Å²) in [5.74, 6) is -10.7. The molecule has 6 nitrogen and oxygen atoms in total. The number of rotatable bonds is 7. The Kier molecular flexibility index (Phi) is 9.14. The SMILES string of the molecule is O=C(Nc1ccc(F)c(NC(=O)C2(C(F)(F)F)CCC2)c1F)c1cc(NC(=O)[C@H]2[C@H](c3ccc(F)c(C(F)(F)F)c3)C2(Cl)Cl)ccc1Cl. The molecule has 0 heterocycles. The molecular weight excluding hydrogens is 728 g/mol. The molecule has 2 aliphatic rings. The van der Waals surface area contributed by atoms with Gasteiger partial charge in [0.15, 0.2) is 5.82 Å². The number of benzene rings is 3. The summed E-state index contributed by atoms with van der Waals surface area (Å²) in [6.07, 6.45) is -11.1. The fourth-order valence-electron chi connectivity index (χ4n) is 5.37. The quantitative estimate of drug-likeness (QED) is 0.167. The Morgan fingerprint density at radius 1 is 0.812 bits per heavy atom. The van der Waals surface area contributed by atoms with E-state index in [0.717, 1.165) is 24.3 Å². The van der Waals surface area contributed by atoms with E-state index in [1.807, 2.05) is 0 Å². The zero-order chi connectivity index (χ0) is 35.6. The van der Waals surface area contributed by atoms with Gasteiger partial charge in [0, 0.05) is 11.6 Å². The Morgan fingerprint density at radius 2 is 1.46 bits per heavy atom. The lowest BCUT2D eigenvalue weighted by atomic mass is 9.67. The van der Waals surface area contributed by atoms with Crippen molar-refractivity contribution in [3.05, 3.63) is 87.7 Å². The van der Waals surface area contributed by atoms with Crippen LogP contribution in [0.5, 0.6) is 0 Å². The number of hydrogen-bond acceptors (Lipinski definition) is 3. The van der Waals surface area contributed by atoms with Gasteiger partial charge >= 0.3 is 12.4 Å². The largest absolute Gasteiger partial charge is 0.419 e. The molecule has 2 atom stereocenters. The number of hydrogen-bond donors (Lipinski definition) is 3. The first kappa shape index (κ1) is 35.6. The number of halogens is 12. The minimum atomic E-state index is -5.04. The molecule has 5 rings (SSSR count). The molecule has 18 heteroatoms. The fraction of sp³-hybridized carbons (Fsp3) is 0.300. The molecule has 3 N–H and O–H groups in total. The molecule has 0 aliphatic heterocycles. The third-order valence-electron chi connectivity index (χ3n) is 8.23. The second kappa shape index (κ2) is 12.3. The smallest absolute Gasteiger partial charge is 0.326 e. The van der Waals surface area contributed by atoms with Gasteiger partial charge in [0.05, 0.1) is 27.8 Å². The van der Waals surface area contributed by atoms with Gasteiger partial charge in [0.2, 0.25) is 11.8 Å². The molecule has 256 valence electrons. The van der Waals surface area contributed by atoms with E-state index in [2.05, 4.69) is 10.6 Å². The molecule has 3 aromatic rings. The lowest BCUT2D eigenvalue weighted by Gasteiger charge is -2.41. The molecule has 2 aliphatic carbocycles. The molecule has 0 unspecified atom stereocenters. The maximum atomic E-state index is 15.2. The van der Waals surface area contributed by atoms with Crippen molar-refractivity contribution >= 4 is 69.6 Å². The van der Waals surface area contributed by atoms with Gasteiger partial charge in [-0.2, -0.15) is 26.3 Å². The number of anilines is 3. The molecule has 48 heavy (non-hydrogen) atoms. The van der Waals surface area contributed by atoms with Crippen molar-refractivity contribution < 1.29 is 53.9 Å². The number of alkyl halides is 8. The second-order valence-electron chi connectivity index (χ2n) is 11.2. The molecular formula is C30H19Cl3F9N3O3. The van der Waals surface area contributed by atoms with Crippen LogP contribution in [0.4, 0.5) is 56.6 Å². The van der Waals surface area contributed by atoms with Gasteiger partial charge in [0.1, 0.15) is 27.1 Å². The third-order valence-corrected chi connectivity index (χ3v) is 9.50. The van der Waals surface area contributed by atoms with Crippen LogP contribution >= 0.6 is 34.8 Å². The number of amides is 3. The lowest BCUT2D eigenvalue weighted by Crippen LogP contribution is -2.52. The van der Waals surface area contributed by atoms with Gasteiger partial charge in [-0.25, -0.2) is 13.2 Å². The van der Waals surface area contributed by atoms with Crippen LogP contribution in [0.1, 0.15) is 46.7 Å². The fourth-order valence-corrected chi connectivity index (χ4v) is 6.41. The van der Waals surface area contributed by atoms with Crippen molar-refractivity contribution in [2.75, 3.05) is 16.0 Å². The molecule has 2 saturated carbocycles. The molecule has 3 amide bonds. The average Bonchev–Trinajstić information content (AvgIpc) is 3.53. The second-order valence-corrected chi connectivity index (χ2v) is 13.0. The van der Waals surface area contributed by atoms with Crippen LogP contribution in [-0.2, 0) is 15.8 Å². The normalized spacial score (nSPS) is 19.6. The van der Waals surface area contributed by atoms with E-state index in [-0.39, 0.29) is 22.7 Å². The van der Waals surface area contributed by atoms with Gasteiger partial charge in [-0.15, -0.1) is 23.2 Å². The van der Waals surface area contributed by atoms with Crippen LogP contribution in [-0.4, -0.2) is 28.2 Å². The van der Waals surface area contributed by atoms with Crippen molar-refractivity contribution in [2.24, 2.45) is 11.3 Å². The molecule has 2 fully saturated rings. The third kappa shape index (κ3) is 6.39. The summed E-state index contributed by atoms with van der Waals surface area (Å²) < 4.78 is 122. The number of carbonyl (C=O) groups excluding carboxylic acids is 3. The summed E-state index contributed by atoms with van der Waals surface area (Å²) >= 11 is 18.5. The first-order valence-electron chi connectivity index (χ1n) is 13.7. The van der Waals surface area contributed by atoms with Gasteiger partial charge < -0.3 is 16.0 Å². The number of nitrogens with one attached hydrogen (secondary N) is 3. The highest BCUT2D eigenvalue weighted by Gasteiger charge is 2.68. The van der Waals surface area contributed by atoms with Crippen molar-refractivity contribution in [3.8, 4) is 0 Å². The molecule has 0 saturated heterocycles. The zero-order valence-electron chi connectivity index (χ0n) is 23.7. The van der Waals surface area contributed by atoms with Gasteiger partial charge in [-0.3, -0.25) is 14.4 Å². The van der Waals surface area contributed by atoms with E-state index in [1.54, 1.807) is 5.32 Å². The first-order chi connectivity index (χ1) is 22.2. The summed E-state index contributed by atoms with van der Waals surface area (Å²) in [6.45, 7) is 0. The van der Waals surface area contributed by atoms with Crippen LogP contribution in [0.2, 0.25) is 5.02 Å². The minimum absolute atomic E-state index is 0.0746. The molecule has 0 radical (unpaired) electrons. The van der Waals surface area contributed by atoms with E-state index >= 15 is 4.39 Å². The lowest BCUT2D eigenvalue weighted by molar-refractivity contribution is -0.240. The Labute approximate surface area is 279 Å². The zero-order valence-corrected chi connectivity index (χ0v) is 25.9. The van der Waals surface area contributed by atoms with Crippen LogP contribution in [0.15, 0.2) is 48.5 Å². The molecule has 0 aromatic heterocycles. The molecule has 0 bridgehead atoms. The van der Waals surface area contributed by atoms with E-state index < -0.39 is 104 Å². The molecule has 3 aromatic carbocycles. The predicted octanol–water partition coefficient (Wildman–Crippen LogP) is 9.23. The van der Waals surface area contributed by atoms with Crippen molar-refractivity contribution in [3.63, 3.8) is 0 Å². The maximum absolute atomic E-state index is 15.2. The van der Waals surface area contributed by atoms with Crippen molar-refractivity contribution in [2.45, 2.75) is 41.9 Å². The summed E-state index contributed by atoms with van der Waals surface area (Å²) in [6, 6.07) is 6.78. The van der Waals surface area contributed by atoms with E-state index in [4.69, 9.17) is 34.8 Å². The Bertz CT molecular complexity index is 1830. The summed E-state index contributed by atoms with van der Waals surface area (Å²) in [5, 5.41) is 5.86. The van der Waals surface area contributed by atoms with Gasteiger partial charge in [0.25, 0.3) is 5.91 Å². The average molecular weight is 747 g/mol. The monoisotopic (exact) mass is 745 g/mol. The summed E-state index contributed by atoms with van der Waals surface area (Å²) in [4.78, 5) is 38.6. The standard InChI is InChI=1S/C30H19Cl3F9N3O3/c31-16-4-3-13(43-25(47)21-20(28(21,32)33)12-2-5-17(34)15(10-12)29(37,38)39)11-14(16)24(46)44-19-7-6-18(35)23(22(19)36)45-26(48)27(8-1-9-27)30(40,41)42/h2-7,10-11,20-21H,1,8-9H2,(H,43,47)(H,44,46)(H,45,48)/t20-,21+/m0/s1. The first-order valence-corrected chi connectivity index (χ1v) is 14.8. The Hall–Kier alpha value is -3.69. The number of carbonyl (C=O) groups is 3. The van der Waals surface area contributed by atoms with Crippen LogP contribution in [0.25, 0.3) is 0 Å². The van der Waals surface area contributed by atoms with E-state index in [9.17, 15) is 49.5 Å². The Morgan fingerprint density at radius 3 is 2.04 bits per heavy atom. The van der Waals surface area contributed by atoms with Crippen LogP contribution in [0.3, 0.4) is 0 Å². The van der Waals surface area contributed by atoms with E-state index in [0.29, 0.717) is 18.2 Å². The topological polar surface area (TPSA) is 87.3 Å². The minimum Gasteiger partial charge on any atom is -0.326 e. The maximum Gasteiger partial charge on any atom is 0.419 e.